The van der Waals surface area contributed by atoms with Crippen LogP contribution in [-0.2, 0) is 15.0 Å². The van der Waals surface area contributed by atoms with E-state index in [4.69, 9.17) is 5.10 Å². The molecule has 4 rings (SSSR count). The number of carbonyl (C=O) groups is 3. The van der Waals surface area contributed by atoms with E-state index in [-0.39, 0.29) is 30.2 Å². The van der Waals surface area contributed by atoms with Gasteiger partial charge in [0.1, 0.15) is 11.4 Å². The molecule has 32 heavy (non-hydrogen) atoms. The SMILES string of the molecule is Cc1cccc(-n2nc(C(C)(C)C)cc2NC(=O)CCN2C(=O)NC3(CCCC3)C2=O)c1. The molecular weight excluding hydrogens is 406 g/mol. The summed E-state index contributed by atoms with van der Waals surface area (Å²) in [5, 5.41) is 10.5. The third kappa shape index (κ3) is 4.13. The molecule has 1 aromatic carbocycles. The average Bonchev–Trinajstić information content (AvgIpc) is 3.40. The van der Waals surface area contributed by atoms with E-state index in [9.17, 15) is 14.4 Å². The van der Waals surface area contributed by atoms with Gasteiger partial charge >= 0.3 is 6.03 Å². The van der Waals surface area contributed by atoms with Crippen molar-refractivity contribution in [3.63, 3.8) is 0 Å². The maximum Gasteiger partial charge on any atom is 0.325 e. The van der Waals surface area contributed by atoms with Gasteiger partial charge < -0.3 is 10.6 Å². The van der Waals surface area contributed by atoms with Crippen LogP contribution in [0, 0.1) is 6.92 Å². The molecule has 0 bridgehead atoms. The van der Waals surface area contributed by atoms with Crippen molar-refractivity contribution in [1.82, 2.24) is 20.0 Å². The van der Waals surface area contributed by atoms with E-state index in [2.05, 4.69) is 31.4 Å². The van der Waals surface area contributed by atoms with Gasteiger partial charge in [-0.25, -0.2) is 9.48 Å². The average molecular weight is 438 g/mol. The second-order valence-corrected chi connectivity index (χ2v) is 9.89. The first-order valence-corrected chi connectivity index (χ1v) is 11.2. The number of nitrogens with one attached hydrogen (secondary N) is 2. The normalized spacial score (nSPS) is 17.8. The number of nitrogens with zero attached hydrogens (tertiary/aromatic N) is 3. The second-order valence-electron chi connectivity index (χ2n) is 9.89. The highest BCUT2D eigenvalue weighted by Crippen LogP contribution is 2.35. The molecule has 1 spiro atoms. The molecule has 8 heteroatoms. The number of aryl methyl sites for hydroxylation is 1. The highest BCUT2D eigenvalue weighted by molar-refractivity contribution is 6.07. The fourth-order valence-electron chi connectivity index (χ4n) is 4.41. The summed E-state index contributed by atoms with van der Waals surface area (Å²) < 4.78 is 1.73. The van der Waals surface area contributed by atoms with Crippen LogP contribution in [0.3, 0.4) is 0 Å². The number of carbonyl (C=O) groups excluding carboxylic acids is 3. The van der Waals surface area contributed by atoms with Crippen molar-refractivity contribution in [3.05, 3.63) is 41.6 Å². The molecule has 1 aliphatic heterocycles. The topological polar surface area (TPSA) is 96.3 Å². The number of aromatic nitrogens is 2. The van der Waals surface area contributed by atoms with E-state index in [0.717, 1.165) is 29.8 Å². The van der Waals surface area contributed by atoms with Crippen LogP contribution in [0.1, 0.15) is 64.1 Å². The highest BCUT2D eigenvalue weighted by atomic mass is 16.2. The summed E-state index contributed by atoms with van der Waals surface area (Å²) in [5.41, 5.74) is 1.86. The van der Waals surface area contributed by atoms with Crippen LogP contribution < -0.4 is 10.6 Å². The van der Waals surface area contributed by atoms with E-state index in [1.165, 1.54) is 4.90 Å². The van der Waals surface area contributed by atoms with Crippen LogP contribution in [-0.4, -0.2) is 44.6 Å². The van der Waals surface area contributed by atoms with Crippen molar-refractivity contribution in [3.8, 4) is 5.69 Å². The summed E-state index contributed by atoms with van der Waals surface area (Å²) in [4.78, 5) is 39.1. The Hall–Kier alpha value is -3.16. The lowest BCUT2D eigenvalue weighted by atomic mass is 9.92. The maximum absolute atomic E-state index is 12.8. The van der Waals surface area contributed by atoms with E-state index in [1.54, 1.807) is 4.68 Å². The monoisotopic (exact) mass is 437 g/mol. The Labute approximate surface area is 188 Å². The van der Waals surface area contributed by atoms with Crippen molar-refractivity contribution in [2.75, 3.05) is 11.9 Å². The fraction of sp³-hybridized carbons (Fsp3) is 0.500. The Morgan fingerprint density at radius 3 is 2.56 bits per heavy atom. The number of hydrogen-bond donors (Lipinski definition) is 2. The summed E-state index contributed by atoms with van der Waals surface area (Å²) in [6.07, 6.45) is 3.23. The van der Waals surface area contributed by atoms with Gasteiger partial charge in [-0.15, -0.1) is 0 Å². The van der Waals surface area contributed by atoms with Gasteiger partial charge in [-0.2, -0.15) is 5.10 Å². The zero-order valence-corrected chi connectivity index (χ0v) is 19.2. The molecule has 0 atom stereocenters. The van der Waals surface area contributed by atoms with Crippen LogP contribution in [0.4, 0.5) is 10.6 Å². The Morgan fingerprint density at radius 1 is 1.19 bits per heavy atom. The van der Waals surface area contributed by atoms with Gasteiger partial charge in [0, 0.05) is 24.4 Å². The quantitative estimate of drug-likeness (QED) is 0.698. The molecule has 0 unspecified atom stereocenters. The van der Waals surface area contributed by atoms with E-state index in [0.29, 0.717) is 18.7 Å². The van der Waals surface area contributed by atoms with Crippen LogP contribution >= 0.6 is 0 Å². The Morgan fingerprint density at radius 2 is 1.91 bits per heavy atom. The Balaban J connectivity index is 1.49. The first-order chi connectivity index (χ1) is 15.1. The number of benzene rings is 1. The molecule has 4 amide bonds. The number of anilines is 1. The summed E-state index contributed by atoms with van der Waals surface area (Å²) in [5.74, 6) is 0.0924. The molecule has 170 valence electrons. The van der Waals surface area contributed by atoms with Gasteiger partial charge in [-0.05, 0) is 37.5 Å². The molecule has 2 N–H and O–H groups in total. The van der Waals surface area contributed by atoms with Crippen molar-refractivity contribution in [1.29, 1.82) is 0 Å². The standard InChI is InChI=1S/C24H31N5O3/c1-16-8-7-9-17(14-16)29-19(15-18(27-29)23(2,3)4)25-20(30)10-13-28-21(31)24(26-22(28)32)11-5-6-12-24/h7-9,14-15H,5-6,10-13H2,1-4H3,(H,25,30)(H,26,32). The molecule has 0 radical (unpaired) electrons. The predicted molar refractivity (Wildman–Crippen MR) is 122 cm³/mol. The molecule has 8 nitrogen and oxygen atoms in total. The summed E-state index contributed by atoms with van der Waals surface area (Å²) in [6.45, 7) is 8.27. The van der Waals surface area contributed by atoms with Crippen molar-refractivity contribution in [2.45, 2.75) is 70.8 Å². The summed E-state index contributed by atoms with van der Waals surface area (Å²) in [7, 11) is 0. The minimum atomic E-state index is -0.751. The fourth-order valence-corrected chi connectivity index (χ4v) is 4.41. The molecule has 1 saturated heterocycles. The molecule has 1 aliphatic carbocycles. The van der Waals surface area contributed by atoms with Gasteiger partial charge in [-0.1, -0.05) is 45.7 Å². The molecular formula is C24H31N5O3. The van der Waals surface area contributed by atoms with Gasteiger partial charge in [0.05, 0.1) is 11.4 Å². The lowest BCUT2D eigenvalue weighted by Gasteiger charge is -2.19. The molecule has 2 heterocycles. The van der Waals surface area contributed by atoms with Crippen LogP contribution in [0.15, 0.2) is 30.3 Å². The molecule has 2 aromatic rings. The van der Waals surface area contributed by atoms with Crippen LogP contribution in [0.5, 0.6) is 0 Å². The van der Waals surface area contributed by atoms with Gasteiger partial charge in [0.2, 0.25) is 5.91 Å². The van der Waals surface area contributed by atoms with E-state index in [1.807, 2.05) is 37.3 Å². The van der Waals surface area contributed by atoms with E-state index >= 15 is 0 Å². The molecule has 1 aromatic heterocycles. The zero-order valence-electron chi connectivity index (χ0n) is 19.2. The van der Waals surface area contributed by atoms with E-state index < -0.39 is 11.6 Å². The first kappa shape index (κ1) is 22.0. The number of hydrogen-bond acceptors (Lipinski definition) is 4. The Kier molecular flexibility index (Phi) is 5.56. The van der Waals surface area contributed by atoms with Crippen molar-refractivity contribution < 1.29 is 14.4 Å². The summed E-state index contributed by atoms with van der Waals surface area (Å²) in [6, 6.07) is 9.38. The smallest absolute Gasteiger partial charge is 0.323 e. The molecule has 2 fully saturated rings. The molecule has 1 saturated carbocycles. The van der Waals surface area contributed by atoms with Crippen molar-refractivity contribution >= 4 is 23.7 Å². The number of rotatable bonds is 5. The Bertz CT molecular complexity index is 1060. The maximum atomic E-state index is 12.8. The minimum absolute atomic E-state index is 0.0269. The van der Waals surface area contributed by atoms with Crippen LogP contribution in [0.25, 0.3) is 5.69 Å². The lowest BCUT2D eigenvalue weighted by molar-refractivity contribution is -0.131. The van der Waals surface area contributed by atoms with Crippen molar-refractivity contribution in [2.24, 2.45) is 0 Å². The number of amides is 4. The lowest BCUT2D eigenvalue weighted by Crippen LogP contribution is -2.44. The second kappa shape index (κ2) is 8.07. The van der Waals surface area contributed by atoms with Gasteiger partial charge in [0.25, 0.3) is 5.91 Å². The number of urea groups is 1. The summed E-state index contributed by atoms with van der Waals surface area (Å²) >= 11 is 0. The first-order valence-electron chi connectivity index (χ1n) is 11.2. The minimum Gasteiger partial charge on any atom is -0.323 e. The third-order valence-corrected chi connectivity index (χ3v) is 6.26. The molecule has 2 aliphatic rings. The highest BCUT2D eigenvalue weighted by Gasteiger charge is 2.52. The third-order valence-electron chi connectivity index (χ3n) is 6.26. The van der Waals surface area contributed by atoms with Gasteiger partial charge in [0.15, 0.2) is 0 Å². The largest absolute Gasteiger partial charge is 0.325 e. The number of imide groups is 1. The van der Waals surface area contributed by atoms with Crippen LogP contribution in [0.2, 0.25) is 0 Å². The predicted octanol–water partition coefficient (Wildman–Crippen LogP) is 3.67. The van der Waals surface area contributed by atoms with Gasteiger partial charge in [-0.3, -0.25) is 14.5 Å². The zero-order chi connectivity index (χ0) is 23.1.